The Kier molecular flexibility index (Phi) is 14.2. The van der Waals surface area contributed by atoms with Gasteiger partial charge in [0.05, 0.1) is 13.2 Å². The summed E-state index contributed by atoms with van der Waals surface area (Å²) in [6, 6.07) is 13.9. The van der Waals surface area contributed by atoms with Crippen LogP contribution in [0.5, 0.6) is 5.75 Å². The van der Waals surface area contributed by atoms with E-state index in [4.69, 9.17) is 14.2 Å². The standard InChI is InChI=1S/C32H45N3O6/c1-3-26-10-7-11-27(22-26)41-20-6-4-5-17-39-18-9-19-40-21-16-33-30-13-8-12-28-29(30)23-35(32(28)38)25(2)14-15-31(37)34-24-36/h7-8,10-13,22,24-25,33H,3-6,9,14-21,23H2,1-2H3,(H,34,36,37). The molecule has 1 heterocycles. The zero-order chi connectivity index (χ0) is 29.3. The number of benzene rings is 2. The number of unbranched alkanes of at least 4 members (excludes halogenated alkanes) is 2. The number of nitrogens with one attached hydrogen (secondary N) is 2. The molecule has 2 N–H and O–H groups in total. The van der Waals surface area contributed by atoms with Gasteiger partial charge in [-0.25, -0.2) is 0 Å². The number of anilines is 1. The molecule has 9 heteroatoms. The molecule has 2 aromatic rings. The highest BCUT2D eigenvalue weighted by atomic mass is 16.5. The Morgan fingerprint density at radius 1 is 1.00 bits per heavy atom. The van der Waals surface area contributed by atoms with Gasteiger partial charge in [0.1, 0.15) is 5.75 Å². The van der Waals surface area contributed by atoms with Gasteiger partial charge in [0.2, 0.25) is 12.3 Å². The Morgan fingerprint density at radius 3 is 2.56 bits per heavy atom. The van der Waals surface area contributed by atoms with Crippen LogP contribution in [0, 0.1) is 0 Å². The van der Waals surface area contributed by atoms with Crippen LogP contribution in [0.15, 0.2) is 42.5 Å². The first-order valence-electron chi connectivity index (χ1n) is 14.8. The molecule has 1 aliphatic heterocycles. The van der Waals surface area contributed by atoms with Crippen LogP contribution in [-0.2, 0) is 32.0 Å². The summed E-state index contributed by atoms with van der Waals surface area (Å²) in [5, 5.41) is 5.53. The number of aryl methyl sites for hydroxylation is 1. The summed E-state index contributed by atoms with van der Waals surface area (Å²) >= 11 is 0. The van der Waals surface area contributed by atoms with Crippen LogP contribution < -0.4 is 15.4 Å². The quantitative estimate of drug-likeness (QED) is 0.166. The summed E-state index contributed by atoms with van der Waals surface area (Å²) in [6.07, 6.45) is 6.06. The average Bonchev–Trinajstić information content (AvgIpc) is 3.33. The van der Waals surface area contributed by atoms with Crippen molar-refractivity contribution >= 4 is 23.9 Å². The van der Waals surface area contributed by atoms with Gasteiger partial charge in [0, 0.05) is 62.2 Å². The molecule has 1 aliphatic rings. The van der Waals surface area contributed by atoms with E-state index in [2.05, 4.69) is 29.7 Å². The minimum atomic E-state index is -0.337. The fraction of sp³-hybridized carbons (Fsp3) is 0.531. The van der Waals surface area contributed by atoms with E-state index in [1.54, 1.807) is 4.90 Å². The normalized spacial score (nSPS) is 13.1. The van der Waals surface area contributed by atoms with Crippen molar-refractivity contribution in [3.05, 3.63) is 59.2 Å². The maximum Gasteiger partial charge on any atom is 0.254 e. The number of nitrogens with zero attached hydrogens (tertiary/aromatic N) is 1. The average molecular weight is 568 g/mol. The van der Waals surface area contributed by atoms with Gasteiger partial charge in [-0.15, -0.1) is 0 Å². The summed E-state index contributed by atoms with van der Waals surface area (Å²) < 4.78 is 17.3. The monoisotopic (exact) mass is 567 g/mol. The third-order valence-corrected chi connectivity index (χ3v) is 7.18. The number of imide groups is 1. The highest BCUT2D eigenvalue weighted by Gasteiger charge is 2.32. The maximum absolute atomic E-state index is 12.9. The number of carbonyl (C=O) groups is 3. The van der Waals surface area contributed by atoms with E-state index in [-0.39, 0.29) is 24.3 Å². The molecule has 0 radical (unpaired) electrons. The van der Waals surface area contributed by atoms with Crippen LogP contribution in [0.1, 0.15) is 73.9 Å². The van der Waals surface area contributed by atoms with E-state index in [1.165, 1.54) is 5.56 Å². The van der Waals surface area contributed by atoms with Crippen LogP contribution in [-0.4, -0.2) is 68.7 Å². The molecule has 0 fully saturated rings. The lowest BCUT2D eigenvalue weighted by molar-refractivity contribution is -0.125. The van der Waals surface area contributed by atoms with Crippen LogP contribution in [0.2, 0.25) is 0 Å². The first kappa shape index (κ1) is 32.1. The van der Waals surface area contributed by atoms with Crippen molar-refractivity contribution < 1.29 is 28.6 Å². The minimum absolute atomic E-state index is 0.0331. The molecule has 0 saturated heterocycles. The van der Waals surface area contributed by atoms with E-state index in [0.29, 0.717) is 51.3 Å². The van der Waals surface area contributed by atoms with Crippen molar-refractivity contribution in [3.63, 3.8) is 0 Å². The van der Waals surface area contributed by atoms with Gasteiger partial charge in [-0.05, 0) is 75.3 Å². The van der Waals surface area contributed by atoms with E-state index in [1.807, 2.05) is 37.3 Å². The Labute approximate surface area is 243 Å². The Morgan fingerprint density at radius 2 is 1.76 bits per heavy atom. The third kappa shape index (κ3) is 10.8. The first-order chi connectivity index (χ1) is 20.0. The van der Waals surface area contributed by atoms with Gasteiger partial charge in [-0.2, -0.15) is 0 Å². The van der Waals surface area contributed by atoms with Crippen LogP contribution in [0.3, 0.4) is 0 Å². The molecule has 0 bridgehead atoms. The fourth-order valence-corrected chi connectivity index (χ4v) is 4.76. The lowest BCUT2D eigenvalue weighted by atomic mass is 10.1. The zero-order valence-electron chi connectivity index (χ0n) is 24.5. The van der Waals surface area contributed by atoms with Gasteiger partial charge in [-0.3, -0.25) is 19.7 Å². The number of ether oxygens (including phenoxy) is 3. The van der Waals surface area contributed by atoms with E-state index < -0.39 is 0 Å². The molecule has 224 valence electrons. The van der Waals surface area contributed by atoms with Gasteiger partial charge in [-0.1, -0.05) is 25.1 Å². The lowest BCUT2D eigenvalue weighted by Crippen LogP contribution is -2.34. The van der Waals surface area contributed by atoms with Gasteiger partial charge < -0.3 is 24.4 Å². The Balaban J connectivity index is 1.20. The number of rotatable bonds is 21. The van der Waals surface area contributed by atoms with Crippen molar-refractivity contribution in [3.8, 4) is 5.75 Å². The topological polar surface area (TPSA) is 106 Å². The number of fused-ring (bicyclic) bond motifs is 1. The van der Waals surface area contributed by atoms with Crippen molar-refractivity contribution in [2.45, 2.75) is 71.4 Å². The molecule has 3 rings (SSSR count). The van der Waals surface area contributed by atoms with Crippen molar-refractivity contribution in [1.82, 2.24) is 10.2 Å². The molecule has 0 spiro atoms. The predicted molar refractivity (Wildman–Crippen MR) is 159 cm³/mol. The molecule has 1 unspecified atom stereocenters. The number of amides is 3. The summed E-state index contributed by atoms with van der Waals surface area (Å²) in [4.78, 5) is 36.7. The molecule has 0 saturated carbocycles. The molecule has 2 aromatic carbocycles. The summed E-state index contributed by atoms with van der Waals surface area (Å²) in [7, 11) is 0. The zero-order valence-corrected chi connectivity index (χ0v) is 24.5. The van der Waals surface area contributed by atoms with Crippen LogP contribution >= 0.6 is 0 Å². The smallest absolute Gasteiger partial charge is 0.254 e. The number of hydrogen-bond donors (Lipinski definition) is 2. The highest BCUT2D eigenvalue weighted by molar-refractivity contribution is 6.00. The van der Waals surface area contributed by atoms with Crippen molar-refractivity contribution in [2.24, 2.45) is 0 Å². The lowest BCUT2D eigenvalue weighted by Gasteiger charge is -2.24. The second kappa shape index (κ2) is 18.1. The van der Waals surface area contributed by atoms with E-state index in [0.717, 1.165) is 62.3 Å². The number of carbonyl (C=O) groups excluding carboxylic acids is 3. The highest BCUT2D eigenvalue weighted by Crippen LogP contribution is 2.31. The van der Waals surface area contributed by atoms with Crippen molar-refractivity contribution in [2.75, 3.05) is 44.9 Å². The summed E-state index contributed by atoms with van der Waals surface area (Å²) in [6.45, 7) is 8.58. The second-order valence-electron chi connectivity index (χ2n) is 10.3. The Bertz CT molecular complexity index is 1110. The second-order valence-corrected chi connectivity index (χ2v) is 10.3. The van der Waals surface area contributed by atoms with E-state index in [9.17, 15) is 14.4 Å². The minimum Gasteiger partial charge on any atom is -0.494 e. The van der Waals surface area contributed by atoms with Crippen LogP contribution in [0.4, 0.5) is 5.69 Å². The molecule has 41 heavy (non-hydrogen) atoms. The SMILES string of the molecule is CCc1cccc(OCCCCCOCCCOCCNc2cccc3c2CN(C(C)CCC(=O)NC=O)C3=O)c1. The maximum atomic E-state index is 12.9. The van der Waals surface area contributed by atoms with E-state index >= 15 is 0 Å². The summed E-state index contributed by atoms with van der Waals surface area (Å²) in [5.41, 5.74) is 3.87. The molecule has 0 aromatic heterocycles. The van der Waals surface area contributed by atoms with Crippen molar-refractivity contribution in [1.29, 1.82) is 0 Å². The van der Waals surface area contributed by atoms with Gasteiger partial charge in [0.25, 0.3) is 5.91 Å². The molecule has 9 nitrogen and oxygen atoms in total. The fourth-order valence-electron chi connectivity index (χ4n) is 4.76. The molecular weight excluding hydrogens is 522 g/mol. The third-order valence-electron chi connectivity index (χ3n) is 7.18. The molecular formula is C32H45N3O6. The summed E-state index contributed by atoms with van der Waals surface area (Å²) in [5.74, 6) is 0.581. The first-order valence-corrected chi connectivity index (χ1v) is 14.8. The molecule has 1 atom stereocenters. The largest absolute Gasteiger partial charge is 0.494 e. The molecule has 0 aliphatic carbocycles. The number of hydrogen-bond acceptors (Lipinski definition) is 7. The molecule has 3 amide bonds. The Hall–Kier alpha value is -3.43. The van der Waals surface area contributed by atoms with Gasteiger partial charge >= 0.3 is 0 Å². The predicted octanol–water partition coefficient (Wildman–Crippen LogP) is 4.73. The van der Waals surface area contributed by atoms with Gasteiger partial charge in [0.15, 0.2) is 0 Å². The van der Waals surface area contributed by atoms with Crippen LogP contribution in [0.25, 0.3) is 0 Å².